The van der Waals surface area contributed by atoms with E-state index in [1.807, 2.05) is 12.1 Å². The Morgan fingerprint density at radius 1 is 1.29 bits per heavy atom. The molecule has 1 radical (unpaired) electrons. The average Bonchev–Trinajstić information content (AvgIpc) is 2.18. The molecule has 3 heteroatoms. The lowest BCUT2D eigenvalue weighted by molar-refractivity contribution is 0.914. The van der Waals surface area contributed by atoms with Gasteiger partial charge in [-0.3, -0.25) is 0 Å². The van der Waals surface area contributed by atoms with Crippen molar-refractivity contribution in [2.75, 3.05) is 0 Å². The second-order valence-electron chi connectivity index (χ2n) is 3.10. The van der Waals surface area contributed by atoms with Crippen LogP contribution in [0, 0.1) is 0 Å². The molecule has 0 heterocycles. The summed E-state index contributed by atoms with van der Waals surface area (Å²) in [4.78, 5) is 0. The van der Waals surface area contributed by atoms with Gasteiger partial charge in [0.15, 0.2) is 0 Å². The van der Waals surface area contributed by atoms with E-state index in [0.717, 1.165) is 18.9 Å². The van der Waals surface area contributed by atoms with Crippen LogP contribution in [-0.4, -0.2) is 7.42 Å². The van der Waals surface area contributed by atoms with E-state index in [2.05, 4.69) is 24.8 Å². The lowest BCUT2D eigenvalue weighted by Crippen LogP contribution is -1.95. The Hall–Kier alpha value is -0.243. The maximum absolute atomic E-state index is 5.76. The Morgan fingerprint density at radius 2 is 2.00 bits per heavy atom. The standard InChI is InChI=1S/C11H13Cl2Si/c1-2-10-6-3-4-7-11(10)8-5-9-14(12)13/h2-4,6-7H,1,5,8-9H2. The molecule has 0 aliphatic heterocycles. The molecule has 0 saturated carbocycles. The summed E-state index contributed by atoms with van der Waals surface area (Å²) in [5.74, 6) is 0. The van der Waals surface area contributed by atoms with Gasteiger partial charge in [0.25, 0.3) is 7.42 Å². The lowest BCUT2D eigenvalue weighted by atomic mass is 10.0. The number of hydrogen-bond donors (Lipinski definition) is 0. The van der Waals surface area contributed by atoms with Crippen LogP contribution in [0.15, 0.2) is 30.8 Å². The van der Waals surface area contributed by atoms with E-state index in [1.165, 1.54) is 11.1 Å². The first-order valence-corrected chi connectivity index (χ1v) is 8.34. The molecule has 0 aromatic heterocycles. The molecule has 0 aliphatic carbocycles. The van der Waals surface area contributed by atoms with Crippen molar-refractivity contribution < 1.29 is 0 Å². The number of benzene rings is 1. The Bertz CT molecular complexity index is 297. The van der Waals surface area contributed by atoms with Gasteiger partial charge < -0.3 is 0 Å². The maximum atomic E-state index is 5.76. The monoisotopic (exact) mass is 243 g/mol. The predicted octanol–water partition coefficient (Wildman–Crippen LogP) is 4.23. The van der Waals surface area contributed by atoms with Crippen molar-refractivity contribution in [2.24, 2.45) is 0 Å². The van der Waals surface area contributed by atoms with Gasteiger partial charge in [0.2, 0.25) is 0 Å². The molecule has 0 unspecified atom stereocenters. The molecular weight excluding hydrogens is 231 g/mol. The number of rotatable bonds is 5. The zero-order valence-corrected chi connectivity index (χ0v) is 10.5. The summed E-state index contributed by atoms with van der Waals surface area (Å²) in [6, 6.07) is 9.23. The van der Waals surface area contributed by atoms with Crippen LogP contribution in [0.5, 0.6) is 0 Å². The van der Waals surface area contributed by atoms with Crippen LogP contribution >= 0.6 is 22.2 Å². The summed E-state index contributed by atoms with van der Waals surface area (Å²) >= 11 is 11.5. The fourth-order valence-electron chi connectivity index (χ4n) is 1.37. The van der Waals surface area contributed by atoms with E-state index in [-0.39, 0.29) is 0 Å². The maximum Gasteiger partial charge on any atom is 0.273 e. The van der Waals surface area contributed by atoms with Crippen molar-refractivity contribution in [1.29, 1.82) is 0 Å². The topological polar surface area (TPSA) is 0 Å². The summed E-state index contributed by atoms with van der Waals surface area (Å²) in [5.41, 5.74) is 2.55. The van der Waals surface area contributed by atoms with Crippen molar-refractivity contribution in [3.8, 4) is 0 Å². The van der Waals surface area contributed by atoms with E-state index in [9.17, 15) is 0 Å². The summed E-state index contributed by atoms with van der Waals surface area (Å²) in [7, 11) is -1.10. The molecule has 0 amide bonds. The summed E-state index contributed by atoms with van der Waals surface area (Å²) < 4.78 is 0. The minimum Gasteiger partial charge on any atom is -0.147 e. The van der Waals surface area contributed by atoms with Gasteiger partial charge in [0.1, 0.15) is 0 Å². The Kier molecular flexibility index (Phi) is 5.31. The molecule has 0 bridgehead atoms. The van der Waals surface area contributed by atoms with Crippen LogP contribution in [-0.2, 0) is 6.42 Å². The first kappa shape index (κ1) is 11.8. The van der Waals surface area contributed by atoms with Crippen molar-refractivity contribution in [3.05, 3.63) is 42.0 Å². The molecule has 75 valence electrons. The quantitative estimate of drug-likeness (QED) is 0.537. The van der Waals surface area contributed by atoms with Crippen molar-refractivity contribution >= 4 is 35.7 Å². The van der Waals surface area contributed by atoms with Crippen LogP contribution in [0.1, 0.15) is 17.5 Å². The number of halogens is 2. The Labute approximate surface area is 96.6 Å². The van der Waals surface area contributed by atoms with E-state index in [4.69, 9.17) is 22.2 Å². The molecule has 1 rings (SSSR count). The van der Waals surface area contributed by atoms with Gasteiger partial charge in [0.05, 0.1) is 0 Å². The normalized spacial score (nSPS) is 10.5. The third-order valence-corrected chi connectivity index (χ3v) is 3.95. The molecule has 0 spiro atoms. The van der Waals surface area contributed by atoms with Crippen LogP contribution < -0.4 is 0 Å². The average molecular weight is 244 g/mol. The second kappa shape index (κ2) is 6.28. The molecule has 1 aromatic carbocycles. The van der Waals surface area contributed by atoms with E-state index in [0.29, 0.717) is 0 Å². The van der Waals surface area contributed by atoms with Crippen LogP contribution in [0.25, 0.3) is 6.08 Å². The molecule has 1 aromatic rings. The summed E-state index contributed by atoms with van der Waals surface area (Å²) in [6.07, 6.45) is 3.99. The highest BCUT2D eigenvalue weighted by atomic mass is 35.7. The van der Waals surface area contributed by atoms with Crippen LogP contribution in [0.4, 0.5) is 0 Å². The molecule has 0 fully saturated rings. The highest BCUT2D eigenvalue weighted by Crippen LogP contribution is 2.15. The minimum atomic E-state index is -1.10. The van der Waals surface area contributed by atoms with Crippen molar-refractivity contribution in [3.63, 3.8) is 0 Å². The Morgan fingerprint density at radius 3 is 2.64 bits per heavy atom. The SMILES string of the molecule is C=Cc1ccccc1CCC[Si](Cl)Cl. The van der Waals surface area contributed by atoms with E-state index in [1.54, 1.807) is 0 Å². The summed E-state index contributed by atoms with van der Waals surface area (Å²) in [6.45, 7) is 3.79. The fraction of sp³-hybridized carbons (Fsp3) is 0.273. The third-order valence-electron chi connectivity index (χ3n) is 2.09. The number of aryl methyl sites for hydroxylation is 1. The minimum absolute atomic E-state index is 0.944. The van der Waals surface area contributed by atoms with E-state index >= 15 is 0 Å². The molecule has 0 saturated heterocycles. The third kappa shape index (κ3) is 3.87. The molecule has 0 nitrogen and oxygen atoms in total. The zero-order valence-electron chi connectivity index (χ0n) is 7.97. The van der Waals surface area contributed by atoms with Gasteiger partial charge in [-0.1, -0.05) is 36.9 Å². The molecule has 0 N–H and O–H groups in total. The highest BCUT2D eigenvalue weighted by molar-refractivity contribution is 7.33. The molecule has 0 atom stereocenters. The predicted molar refractivity (Wildman–Crippen MR) is 67.1 cm³/mol. The van der Waals surface area contributed by atoms with Gasteiger partial charge in [0, 0.05) is 0 Å². The fourth-order valence-corrected chi connectivity index (χ4v) is 2.62. The van der Waals surface area contributed by atoms with Gasteiger partial charge in [-0.25, -0.2) is 0 Å². The Balaban J connectivity index is 2.53. The zero-order chi connectivity index (χ0) is 10.4. The van der Waals surface area contributed by atoms with Gasteiger partial charge >= 0.3 is 0 Å². The lowest BCUT2D eigenvalue weighted by Gasteiger charge is -2.05. The first-order chi connectivity index (χ1) is 6.74. The van der Waals surface area contributed by atoms with Crippen LogP contribution in [0.2, 0.25) is 6.04 Å². The van der Waals surface area contributed by atoms with Crippen molar-refractivity contribution in [2.45, 2.75) is 18.9 Å². The van der Waals surface area contributed by atoms with Crippen LogP contribution in [0.3, 0.4) is 0 Å². The van der Waals surface area contributed by atoms with E-state index < -0.39 is 7.42 Å². The molecule has 0 aliphatic rings. The molecular formula is C11H13Cl2Si. The van der Waals surface area contributed by atoms with Gasteiger partial charge in [-0.05, 0) is 30.0 Å². The highest BCUT2D eigenvalue weighted by Gasteiger charge is 2.04. The second-order valence-corrected chi connectivity index (χ2v) is 7.59. The number of hydrogen-bond acceptors (Lipinski definition) is 0. The summed E-state index contributed by atoms with van der Waals surface area (Å²) in [5, 5.41) is 0. The molecule has 14 heavy (non-hydrogen) atoms. The van der Waals surface area contributed by atoms with Gasteiger partial charge in [-0.2, -0.15) is 0 Å². The smallest absolute Gasteiger partial charge is 0.147 e. The van der Waals surface area contributed by atoms with Gasteiger partial charge in [-0.15, -0.1) is 22.2 Å². The first-order valence-electron chi connectivity index (χ1n) is 4.61. The largest absolute Gasteiger partial charge is 0.273 e. The van der Waals surface area contributed by atoms with Crippen molar-refractivity contribution in [1.82, 2.24) is 0 Å².